The molecule has 0 aliphatic carbocycles. The molecular weight excluding hydrogens is 390 g/mol. The molecule has 1 atom stereocenters. The summed E-state index contributed by atoms with van der Waals surface area (Å²) >= 11 is 0. The van der Waals surface area contributed by atoms with Crippen LogP contribution in [0.5, 0.6) is 0 Å². The van der Waals surface area contributed by atoms with Crippen LogP contribution in [0, 0.1) is 11.7 Å². The summed E-state index contributed by atoms with van der Waals surface area (Å²) in [5, 5.41) is 0. The quantitative estimate of drug-likeness (QED) is 0.714. The van der Waals surface area contributed by atoms with Crippen LogP contribution in [0.25, 0.3) is 0 Å². The second-order valence-corrected chi connectivity index (χ2v) is 7.65. The molecule has 29 heavy (non-hydrogen) atoms. The average molecular weight is 415 g/mol. The van der Waals surface area contributed by atoms with Gasteiger partial charge in [-0.05, 0) is 43.5 Å². The molecule has 0 bridgehead atoms. The number of amides is 2. The van der Waals surface area contributed by atoms with Crippen molar-refractivity contribution in [2.24, 2.45) is 5.92 Å². The van der Waals surface area contributed by atoms with Crippen LogP contribution >= 0.6 is 0 Å². The summed E-state index contributed by atoms with van der Waals surface area (Å²) in [7, 11) is 0. The molecule has 1 aromatic carbocycles. The van der Waals surface area contributed by atoms with Crippen LogP contribution in [0.2, 0.25) is 0 Å². The van der Waals surface area contributed by atoms with Crippen LogP contribution in [0.1, 0.15) is 29.6 Å². The van der Waals surface area contributed by atoms with E-state index >= 15 is 0 Å². The Morgan fingerprint density at radius 1 is 0.931 bits per heavy atom. The smallest absolute Gasteiger partial charge is 0.341 e. The third kappa shape index (κ3) is 5.68. The van der Waals surface area contributed by atoms with E-state index in [-0.39, 0.29) is 31.3 Å². The van der Waals surface area contributed by atoms with E-state index in [0.29, 0.717) is 51.1 Å². The third-order valence-corrected chi connectivity index (χ3v) is 5.56. The van der Waals surface area contributed by atoms with E-state index in [1.807, 2.05) is 4.90 Å². The predicted octanol–water partition coefficient (Wildman–Crippen LogP) is 2.77. The first-order valence-corrected chi connectivity index (χ1v) is 9.86. The third-order valence-electron chi connectivity index (χ3n) is 5.56. The maximum atomic E-state index is 13.0. The Morgan fingerprint density at radius 3 is 2.31 bits per heavy atom. The molecule has 2 aliphatic heterocycles. The fourth-order valence-corrected chi connectivity index (χ4v) is 3.87. The molecule has 9 heteroatoms. The lowest BCUT2D eigenvalue weighted by Gasteiger charge is -2.35. The SMILES string of the molecule is O=C(CN1CCCN(C(=O)c2ccc(F)cc2)CC1)N1CCCC(C(F)(F)F)C1. The fourth-order valence-electron chi connectivity index (χ4n) is 3.87. The molecule has 0 aromatic heterocycles. The monoisotopic (exact) mass is 415 g/mol. The van der Waals surface area contributed by atoms with Crippen LogP contribution < -0.4 is 0 Å². The molecule has 0 saturated carbocycles. The molecule has 0 radical (unpaired) electrons. The van der Waals surface area contributed by atoms with E-state index in [0.717, 1.165) is 0 Å². The summed E-state index contributed by atoms with van der Waals surface area (Å²) < 4.78 is 51.9. The minimum absolute atomic E-state index is 0.0587. The highest BCUT2D eigenvalue weighted by atomic mass is 19.4. The lowest BCUT2D eigenvalue weighted by molar-refractivity contribution is -0.188. The number of benzene rings is 1. The Bertz CT molecular complexity index is 723. The van der Waals surface area contributed by atoms with Crippen molar-refractivity contribution in [1.29, 1.82) is 0 Å². The number of nitrogens with zero attached hydrogens (tertiary/aromatic N) is 3. The molecule has 2 fully saturated rings. The summed E-state index contributed by atoms with van der Waals surface area (Å²) in [5.74, 6) is -2.35. The summed E-state index contributed by atoms with van der Waals surface area (Å²) in [4.78, 5) is 30.0. The largest absolute Gasteiger partial charge is 0.393 e. The zero-order chi connectivity index (χ0) is 21.0. The Hall–Kier alpha value is -2.16. The van der Waals surface area contributed by atoms with Crippen LogP contribution in [0.3, 0.4) is 0 Å². The highest BCUT2D eigenvalue weighted by Crippen LogP contribution is 2.33. The van der Waals surface area contributed by atoms with E-state index in [1.54, 1.807) is 4.90 Å². The summed E-state index contributed by atoms with van der Waals surface area (Å²) in [6.07, 6.45) is -3.19. The first-order valence-electron chi connectivity index (χ1n) is 9.86. The maximum Gasteiger partial charge on any atom is 0.393 e. The lowest BCUT2D eigenvalue weighted by Crippen LogP contribution is -2.48. The van der Waals surface area contributed by atoms with E-state index in [9.17, 15) is 27.2 Å². The van der Waals surface area contributed by atoms with Gasteiger partial charge in [0.1, 0.15) is 5.82 Å². The zero-order valence-electron chi connectivity index (χ0n) is 16.1. The topological polar surface area (TPSA) is 43.9 Å². The van der Waals surface area contributed by atoms with Crippen molar-refractivity contribution in [3.8, 4) is 0 Å². The van der Waals surface area contributed by atoms with Crippen molar-refractivity contribution in [1.82, 2.24) is 14.7 Å². The first kappa shape index (κ1) is 21.5. The Morgan fingerprint density at radius 2 is 1.62 bits per heavy atom. The van der Waals surface area contributed by atoms with Crippen molar-refractivity contribution >= 4 is 11.8 Å². The number of hydrogen-bond acceptors (Lipinski definition) is 3. The average Bonchev–Trinajstić information content (AvgIpc) is 2.93. The van der Waals surface area contributed by atoms with E-state index in [2.05, 4.69) is 0 Å². The zero-order valence-corrected chi connectivity index (χ0v) is 16.1. The van der Waals surface area contributed by atoms with Gasteiger partial charge < -0.3 is 9.80 Å². The maximum absolute atomic E-state index is 13.0. The van der Waals surface area contributed by atoms with Crippen molar-refractivity contribution in [2.75, 3.05) is 45.8 Å². The van der Waals surface area contributed by atoms with Gasteiger partial charge in [0.25, 0.3) is 5.91 Å². The number of halogens is 4. The number of carbonyl (C=O) groups excluding carboxylic acids is 2. The molecule has 0 N–H and O–H groups in total. The molecular formula is C20H25F4N3O2. The highest BCUT2D eigenvalue weighted by Gasteiger charge is 2.42. The molecule has 160 valence electrons. The van der Waals surface area contributed by atoms with Gasteiger partial charge in [-0.2, -0.15) is 13.2 Å². The summed E-state index contributed by atoms with van der Waals surface area (Å²) in [5.41, 5.74) is 0.405. The van der Waals surface area contributed by atoms with E-state index < -0.39 is 17.9 Å². The van der Waals surface area contributed by atoms with Crippen molar-refractivity contribution in [3.63, 3.8) is 0 Å². The number of hydrogen-bond donors (Lipinski definition) is 0. The van der Waals surface area contributed by atoms with Crippen molar-refractivity contribution < 1.29 is 27.2 Å². The van der Waals surface area contributed by atoms with Gasteiger partial charge >= 0.3 is 6.18 Å². The minimum Gasteiger partial charge on any atom is -0.341 e. The first-order chi connectivity index (χ1) is 13.7. The van der Waals surface area contributed by atoms with Crippen molar-refractivity contribution in [2.45, 2.75) is 25.4 Å². The molecule has 0 spiro atoms. The van der Waals surface area contributed by atoms with Gasteiger partial charge in [0.2, 0.25) is 5.91 Å². The predicted molar refractivity (Wildman–Crippen MR) is 98.7 cm³/mol. The number of alkyl halides is 3. The lowest BCUT2D eigenvalue weighted by atomic mass is 9.97. The molecule has 1 unspecified atom stereocenters. The number of piperidine rings is 1. The Balaban J connectivity index is 1.52. The van der Waals surface area contributed by atoms with Crippen LogP contribution in [-0.2, 0) is 4.79 Å². The number of rotatable bonds is 3. The normalized spacial score (nSPS) is 21.7. The fraction of sp³-hybridized carbons (Fsp3) is 0.600. The molecule has 1 aromatic rings. The molecule has 2 aliphatic rings. The molecule has 2 amide bonds. The molecule has 2 saturated heterocycles. The van der Waals surface area contributed by atoms with Gasteiger partial charge in [0, 0.05) is 44.8 Å². The molecule has 3 rings (SSSR count). The van der Waals surface area contributed by atoms with Crippen LogP contribution in [-0.4, -0.2) is 78.5 Å². The highest BCUT2D eigenvalue weighted by molar-refractivity contribution is 5.94. The van der Waals surface area contributed by atoms with Crippen LogP contribution in [0.4, 0.5) is 17.6 Å². The van der Waals surface area contributed by atoms with Gasteiger partial charge in [-0.3, -0.25) is 14.5 Å². The standard InChI is InChI=1S/C20H25F4N3O2/c21-17-6-4-15(5-7-17)19(29)26-10-2-8-25(11-12-26)14-18(28)27-9-1-3-16(13-27)20(22,23)24/h4-7,16H,1-3,8-14H2. The van der Waals surface area contributed by atoms with E-state index in [4.69, 9.17) is 0 Å². The Labute approximate surface area is 167 Å². The molecule has 2 heterocycles. The second-order valence-electron chi connectivity index (χ2n) is 7.65. The summed E-state index contributed by atoms with van der Waals surface area (Å²) in [6.45, 7) is 2.13. The van der Waals surface area contributed by atoms with Crippen LogP contribution in [0.15, 0.2) is 24.3 Å². The van der Waals surface area contributed by atoms with Gasteiger partial charge in [-0.15, -0.1) is 0 Å². The summed E-state index contributed by atoms with van der Waals surface area (Å²) in [6, 6.07) is 5.36. The van der Waals surface area contributed by atoms with Crippen molar-refractivity contribution in [3.05, 3.63) is 35.6 Å². The molecule has 5 nitrogen and oxygen atoms in total. The van der Waals surface area contributed by atoms with Gasteiger partial charge in [-0.25, -0.2) is 4.39 Å². The number of carbonyl (C=O) groups is 2. The minimum atomic E-state index is -4.28. The number of likely N-dealkylation sites (tertiary alicyclic amines) is 1. The van der Waals surface area contributed by atoms with Gasteiger partial charge in [-0.1, -0.05) is 0 Å². The Kier molecular flexibility index (Phi) is 6.77. The van der Waals surface area contributed by atoms with Gasteiger partial charge in [0.05, 0.1) is 12.5 Å². The van der Waals surface area contributed by atoms with E-state index in [1.165, 1.54) is 29.2 Å². The van der Waals surface area contributed by atoms with Gasteiger partial charge in [0.15, 0.2) is 0 Å². The second kappa shape index (κ2) is 9.11.